The van der Waals surface area contributed by atoms with Crippen LogP contribution >= 0.6 is 24.0 Å². The topological polar surface area (TPSA) is 52.1 Å². The minimum Gasteiger partial charge on any atom is -0.379 e. The summed E-state index contributed by atoms with van der Waals surface area (Å²) in [5.41, 5.74) is 1.11. The highest BCUT2D eigenvalue weighted by atomic mass is 127. The molecule has 0 aliphatic carbocycles. The largest absolute Gasteiger partial charge is 0.379 e. The van der Waals surface area contributed by atoms with Gasteiger partial charge in [-0.25, -0.2) is 4.39 Å². The predicted octanol–water partition coefficient (Wildman–Crippen LogP) is 3.10. The minimum absolute atomic E-state index is 0. The molecule has 0 aromatic heterocycles. The van der Waals surface area contributed by atoms with E-state index in [1.165, 1.54) is 38.1 Å². The van der Waals surface area contributed by atoms with E-state index < -0.39 is 0 Å². The molecule has 1 unspecified atom stereocenters. The summed E-state index contributed by atoms with van der Waals surface area (Å²) in [7, 11) is 1.81. The number of benzene rings is 1. The van der Waals surface area contributed by atoms with Crippen LogP contribution in [0.3, 0.4) is 0 Å². The van der Waals surface area contributed by atoms with Crippen LogP contribution in [0.5, 0.6) is 0 Å². The third-order valence-electron chi connectivity index (χ3n) is 6.25. The fourth-order valence-electron chi connectivity index (χ4n) is 4.24. The summed E-state index contributed by atoms with van der Waals surface area (Å²) < 4.78 is 18.9. The van der Waals surface area contributed by atoms with E-state index in [1.54, 1.807) is 0 Å². The first-order valence-corrected chi connectivity index (χ1v) is 11.4. The van der Waals surface area contributed by atoms with Crippen LogP contribution in [0.4, 0.5) is 4.39 Å². The van der Waals surface area contributed by atoms with Crippen molar-refractivity contribution < 1.29 is 9.13 Å². The molecule has 0 radical (unpaired) electrons. The van der Waals surface area contributed by atoms with Gasteiger partial charge in [0.25, 0.3) is 0 Å². The summed E-state index contributed by atoms with van der Waals surface area (Å²) in [6.45, 7) is 10.8. The molecule has 0 amide bonds. The van der Waals surface area contributed by atoms with Gasteiger partial charge in [0.15, 0.2) is 5.96 Å². The molecule has 3 rings (SSSR count). The number of likely N-dealkylation sites (tertiary alicyclic amines) is 1. The van der Waals surface area contributed by atoms with Crippen molar-refractivity contribution in [3.63, 3.8) is 0 Å². The SMILES string of the molecule is CN=C(NCCCN1CCC(C)CC1)NCC(c1ccc(F)cc1)N1CCOCC1.I. The second-order valence-electron chi connectivity index (χ2n) is 8.47. The Morgan fingerprint density at radius 3 is 2.45 bits per heavy atom. The lowest BCUT2D eigenvalue weighted by atomic mass is 9.99. The van der Waals surface area contributed by atoms with Gasteiger partial charge in [-0.15, -0.1) is 24.0 Å². The Morgan fingerprint density at radius 2 is 1.81 bits per heavy atom. The summed E-state index contributed by atoms with van der Waals surface area (Å²) in [4.78, 5) is 9.35. The van der Waals surface area contributed by atoms with Crippen molar-refractivity contribution in [2.24, 2.45) is 10.9 Å². The van der Waals surface area contributed by atoms with Gasteiger partial charge in [-0.1, -0.05) is 19.1 Å². The van der Waals surface area contributed by atoms with Crippen molar-refractivity contribution in [3.8, 4) is 0 Å². The van der Waals surface area contributed by atoms with Gasteiger partial charge in [0, 0.05) is 33.2 Å². The molecule has 2 aliphatic heterocycles. The molecular formula is C23H39FIN5O. The maximum absolute atomic E-state index is 13.4. The zero-order chi connectivity index (χ0) is 21.2. The maximum Gasteiger partial charge on any atom is 0.191 e. The van der Waals surface area contributed by atoms with Crippen LogP contribution in [-0.2, 0) is 4.74 Å². The number of hydrogen-bond acceptors (Lipinski definition) is 4. The lowest BCUT2D eigenvalue weighted by Gasteiger charge is -2.35. The smallest absolute Gasteiger partial charge is 0.191 e. The second kappa shape index (κ2) is 14.2. The Bertz CT molecular complexity index is 646. The monoisotopic (exact) mass is 547 g/mol. The highest BCUT2D eigenvalue weighted by Gasteiger charge is 2.23. The van der Waals surface area contributed by atoms with Gasteiger partial charge in [-0.2, -0.15) is 0 Å². The van der Waals surface area contributed by atoms with Gasteiger partial charge in [0.2, 0.25) is 0 Å². The summed E-state index contributed by atoms with van der Waals surface area (Å²) in [5.74, 6) is 1.50. The molecule has 2 aliphatic rings. The molecule has 31 heavy (non-hydrogen) atoms. The first kappa shape index (κ1) is 26.3. The Hall–Kier alpha value is -0.970. The molecule has 1 atom stereocenters. The van der Waals surface area contributed by atoms with Crippen molar-refractivity contribution >= 4 is 29.9 Å². The summed E-state index contributed by atoms with van der Waals surface area (Å²) in [5, 5.41) is 6.92. The van der Waals surface area contributed by atoms with Gasteiger partial charge in [-0.05, 0) is 62.5 Å². The van der Waals surface area contributed by atoms with Crippen molar-refractivity contribution in [3.05, 3.63) is 35.6 Å². The average Bonchev–Trinajstić information content (AvgIpc) is 2.78. The van der Waals surface area contributed by atoms with E-state index in [0.29, 0.717) is 0 Å². The van der Waals surface area contributed by atoms with Gasteiger partial charge in [0.05, 0.1) is 19.3 Å². The average molecular weight is 548 g/mol. The normalized spacial score (nSPS) is 20.2. The number of ether oxygens (including phenoxy) is 1. The van der Waals surface area contributed by atoms with Crippen molar-refractivity contribution in [2.75, 3.05) is 66.1 Å². The van der Waals surface area contributed by atoms with Crippen LogP contribution in [0.1, 0.15) is 37.8 Å². The van der Waals surface area contributed by atoms with Crippen LogP contribution in [0.2, 0.25) is 0 Å². The number of nitrogens with one attached hydrogen (secondary N) is 2. The van der Waals surface area contributed by atoms with Gasteiger partial charge in [-0.3, -0.25) is 9.89 Å². The Labute approximate surface area is 204 Å². The van der Waals surface area contributed by atoms with Crippen LogP contribution < -0.4 is 10.6 Å². The lowest BCUT2D eigenvalue weighted by Crippen LogP contribution is -2.46. The molecule has 2 fully saturated rings. The molecule has 1 aromatic carbocycles. The quantitative estimate of drug-likeness (QED) is 0.227. The molecule has 6 nitrogen and oxygen atoms in total. The van der Waals surface area contributed by atoms with Crippen molar-refractivity contribution in [2.45, 2.75) is 32.2 Å². The first-order chi connectivity index (χ1) is 14.7. The number of piperidine rings is 1. The second-order valence-corrected chi connectivity index (χ2v) is 8.47. The first-order valence-electron chi connectivity index (χ1n) is 11.4. The van der Waals surface area contributed by atoms with E-state index in [0.717, 1.165) is 69.8 Å². The van der Waals surface area contributed by atoms with Crippen molar-refractivity contribution in [1.29, 1.82) is 0 Å². The van der Waals surface area contributed by atoms with Crippen molar-refractivity contribution in [1.82, 2.24) is 20.4 Å². The van der Waals surface area contributed by atoms with E-state index in [1.807, 2.05) is 19.2 Å². The van der Waals surface area contributed by atoms with E-state index in [9.17, 15) is 4.39 Å². The van der Waals surface area contributed by atoms with E-state index >= 15 is 0 Å². The van der Waals surface area contributed by atoms with Crippen LogP contribution in [0, 0.1) is 11.7 Å². The number of rotatable bonds is 8. The summed E-state index contributed by atoms with van der Waals surface area (Å²) in [6.07, 6.45) is 3.76. The molecule has 2 heterocycles. The molecule has 8 heteroatoms. The van der Waals surface area contributed by atoms with E-state index in [4.69, 9.17) is 4.74 Å². The minimum atomic E-state index is -0.201. The number of morpholine rings is 1. The van der Waals surface area contributed by atoms with Gasteiger partial charge < -0.3 is 20.3 Å². The Kier molecular flexibility index (Phi) is 12.1. The molecule has 176 valence electrons. The Balaban J connectivity index is 0.00000341. The zero-order valence-electron chi connectivity index (χ0n) is 19.0. The number of halogens is 2. The fourth-order valence-corrected chi connectivity index (χ4v) is 4.24. The van der Waals surface area contributed by atoms with E-state index in [-0.39, 0.29) is 35.8 Å². The lowest BCUT2D eigenvalue weighted by molar-refractivity contribution is 0.0170. The third kappa shape index (κ3) is 8.82. The molecule has 0 saturated carbocycles. The van der Waals surface area contributed by atoms with Gasteiger partial charge in [0.1, 0.15) is 5.82 Å². The standard InChI is InChI=1S/C23H38FN5O.HI/c1-19-8-12-28(13-9-19)11-3-10-26-23(25-2)27-18-22(29-14-16-30-17-15-29)20-4-6-21(24)7-5-20;/h4-7,19,22H,3,8-18H2,1-2H3,(H2,25,26,27);1H. The highest BCUT2D eigenvalue weighted by Crippen LogP contribution is 2.21. The Morgan fingerprint density at radius 1 is 1.13 bits per heavy atom. The molecule has 0 bridgehead atoms. The van der Waals surface area contributed by atoms with Gasteiger partial charge >= 0.3 is 0 Å². The van der Waals surface area contributed by atoms with Crippen LogP contribution in [0.15, 0.2) is 29.3 Å². The van der Waals surface area contributed by atoms with Crippen LogP contribution in [-0.4, -0.2) is 81.8 Å². The predicted molar refractivity (Wildman–Crippen MR) is 136 cm³/mol. The summed E-state index contributed by atoms with van der Waals surface area (Å²) >= 11 is 0. The fraction of sp³-hybridized carbons (Fsp3) is 0.696. The highest BCUT2D eigenvalue weighted by molar-refractivity contribution is 14.0. The number of nitrogens with zero attached hydrogens (tertiary/aromatic N) is 3. The number of hydrogen-bond donors (Lipinski definition) is 2. The molecular weight excluding hydrogens is 508 g/mol. The number of guanidine groups is 1. The third-order valence-corrected chi connectivity index (χ3v) is 6.25. The number of aliphatic imine (C=N–C) groups is 1. The molecule has 2 saturated heterocycles. The summed E-state index contributed by atoms with van der Waals surface area (Å²) in [6, 6.07) is 7.00. The molecule has 0 spiro atoms. The molecule has 1 aromatic rings. The zero-order valence-corrected chi connectivity index (χ0v) is 21.3. The van der Waals surface area contributed by atoms with Crippen LogP contribution in [0.25, 0.3) is 0 Å². The van der Waals surface area contributed by atoms with E-state index in [2.05, 4.69) is 32.3 Å². The molecule has 2 N–H and O–H groups in total. The maximum atomic E-state index is 13.4.